The number of terminal acetylenes is 1. The number of hydrogen-bond acceptors (Lipinski definition) is 6. The molecule has 1 fully saturated rings. The first-order valence-electron chi connectivity index (χ1n) is 14.1. The molecule has 4 rings (SSSR count). The van der Waals surface area contributed by atoms with Crippen LogP contribution in [0.15, 0.2) is 30.5 Å². The summed E-state index contributed by atoms with van der Waals surface area (Å²) < 4.78 is 25.8. The average Bonchev–Trinajstić information content (AvgIpc) is 2.88. The van der Waals surface area contributed by atoms with Crippen LogP contribution in [0.25, 0.3) is 0 Å². The molecule has 1 aliphatic heterocycles. The minimum absolute atomic E-state index is 0.0671. The van der Waals surface area contributed by atoms with E-state index in [2.05, 4.69) is 43.4 Å². The summed E-state index contributed by atoms with van der Waals surface area (Å²) in [6, 6.07) is 5.74. The number of benzene rings is 1. The second-order valence-electron chi connectivity index (χ2n) is 12.5. The van der Waals surface area contributed by atoms with Crippen LogP contribution in [-0.2, 0) is 22.4 Å². The number of amides is 1. The summed E-state index contributed by atoms with van der Waals surface area (Å²) in [4.78, 5) is 17.4. The third-order valence-corrected chi connectivity index (χ3v) is 7.87. The number of nitrogens with zero attached hydrogens (tertiary/aromatic N) is 1. The molecule has 0 radical (unpaired) electrons. The van der Waals surface area contributed by atoms with Crippen molar-refractivity contribution in [3.05, 3.63) is 58.5 Å². The van der Waals surface area contributed by atoms with E-state index in [1.165, 1.54) is 19.2 Å². The lowest BCUT2D eigenvalue weighted by atomic mass is 9.73. The Bertz CT molecular complexity index is 1250. The van der Waals surface area contributed by atoms with Crippen LogP contribution in [0.5, 0.6) is 5.88 Å². The van der Waals surface area contributed by atoms with E-state index in [9.17, 15) is 14.3 Å². The maximum atomic E-state index is 14.2. The fourth-order valence-electron chi connectivity index (χ4n) is 5.55. The minimum Gasteiger partial charge on any atom is -0.471 e. The molecule has 1 unspecified atom stereocenters. The zero-order chi connectivity index (χ0) is 29.1. The van der Waals surface area contributed by atoms with E-state index in [1.54, 1.807) is 13.0 Å². The molecule has 40 heavy (non-hydrogen) atoms. The Morgan fingerprint density at radius 2 is 2.05 bits per heavy atom. The normalized spacial score (nSPS) is 19.9. The first-order valence-corrected chi connectivity index (χ1v) is 14.1. The van der Waals surface area contributed by atoms with Gasteiger partial charge in [0.2, 0.25) is 11.8 Å². The van der Waals surface area contributed by atoms with Crippen LogP contribution in [0, 0.1) is 23.6 Å². The number of hydrogen-bond donors (Lipinski definition) is 3. The Morgan fingerprint density at radius 3 is 2.67 bits per heavy atom. The zero-order valence-electron chi connectivity index (χ0n) is 24.2. The molecule has 1 aromatic carbocycles. The van der Waals surface area contributed by atoms with E-state index in [0.29, 0.717) is 17.0 Å². The van der Waals surface area contributed by atoms with Gasteiger partial charge in [0.05, 0.1) is 12.1 Å². The van der Waals surface area contributed by atoms with Crippen molar-refractivity contribution in [3.8, 4) is 18.2 Å². The molecular formula is C32H42FN3O4. The van der Waals surface area contributed by atoms with Crippen molar-refractivity contribution < 1.29 is 23.8 Å². The van der Waals surface area contributed by atoms with E-state index >= 15 is 0 Å². The third kappa shape index (κ3) is 7.39. The summed E-state index contributed by atoms with van der Waals surface area (Å²) in [6.45, 7) is 8.43. The van der Waals surface area contributed by atoms with E-state index < -0.39 is 24.1 Å². The van der Waals surface area contributed by atoms with Crippen molar-refractivity contribution in [2.75, 3.05) is 13.7 Å². The molecule has 0 bridgehead atoms. The van der Waals surface area contributed by atoms with Gasteiger partial charge in [-0.2, -0.15) is 0 Å². The molecule has 3 N–H and O–H groups in total. The number of nitrogens with one attached hydrogen (secondary N) is 2. The number of aliphatic hydroxyl groups is 1. The standard InChI is InChI=1S/C32H42FN3O4/c1-7-21-11-22(13-24(33)12-21)15-26(36-29(38)20(2)39-6)28(37)19-34-27-17-32(9-8-10-32)40-30-25(27)14-23(18-35-30)16-31(3,4)5/h1,11-14,18,20,26-28,34,37H,8-10,15-17,19H2,2-6H3,(H,36,38)/t20?,26-,27-,28+/m0/s1. The van der Waals surface area contributed by atoms with Gasteiger partial charge in [0.15, 0.2) is 0 Å². The lowest BCUT2D eigenvalue weighted by Gasteiger charge is -2.47. The van der Waals surface area contributed by atoms with Gasteiger partial charge in [-0.05, 0) is 79.8 Å². The lowest BCUT2D eigenvalue weighted by molar-refractivity contribution is -0.131. The summed E-state index contributed by atoms with van der Waals surface area (Å²) in [5.74, 6) is 2.28. The van der Waals surface area contributed by atoms with Crippen LogP contribution < -0.4 is 15.4 Å². The maximum absolute atomic E-state index is 14.2. The van der Waals surface area contributed by atoms with Gasteiger partial charge in [-0.1, -0.05) is 26.7 Å². The topological polar surface area (TPSA) is 92.7 Å². The number of ether oxygens (including phenoxy) is 2. The second-order valence-corrected chi connectivity index (χ2v) is 12.5. The van der Waals surface area contributed by atoms with Crippen molar-refractivity contribution in [2.24, 2.45) is 5.41 Å². The summed E-state index contributed by atoms with van der Waals surface area (Å²) in [7, 11) is 1.45. The molecule has 0 saturated heterocycles. The third-order valence-electron chi connectivity index (χ3n) is 7.87. The van der Waals surface area contributed by atoms with Gasteiger partial charge in [-0.15, -0.1) is 6.42 Å². The summed E-state index contributed by atoms with van der Waals surface area (Å²) in [5, 5.41) is 17.8. The number of fused-ring (bicyclic) bond motifs is 1. The van der Waals surface area contributed by atoms with Crippen LogP contribution in [0.3, 0.4) is 0 Å². The Labute approximate surface area is 237 Å². The predicted molar refractivity (Wildman–Crippen MR) is 152 cm³/mol. The molecule has 216 valence electrons. The predicted octanol–water partition coefficient (Wildman–Crippen LogP) is 4.25. The molecule has 4 atom stereocenters. The molecular weight excluding hydrogens is 509 g/mol. The van der Waals surface area contributed by atoms with E-state index in [4.69, 9.17) is 20.9 Å². The number of aromatic nitrogens is 1. The smallest absolute Gasteiger partial charge is 0.249 e. The first kappa shape index (κ1) is 30.0. The second kappa shape index (κ2) is 12.3. The number of methoxy groups -OCH3 is 1. The Balaban J connectivity index is 1.54. The van der Waals surface area contributed by atoms with E-state index in [0.717, 1.165) is 43.2 Å². The Hall–Kier alpha value is -2.99. The minimum atomic E-state index is -0.972. The van der Waals surface area contributed by atoms with Gasteiger partial charge in [0.1, 0.15) is 17.5 Å². The fraction of sp³-hybridized carbons (Fsp3) is 0.562. The number of halogens is 1. The number of carbonyl (C=O) groups is 1. The van der Waals surface area contributed by atoms with Gasteiger partial charge in [0, 0.05) is 43.4 Å². The Kier molecular flexibility index (Phi) is 9.19. The largest absolute Gasteiger partial charge is 0.471 e. The monoisotopic (exact) mass is 551 g/mol. The number of pyridine rings is 1. The van der Waals surface area contributed by atoms with Crippen LogP contribution in [0.4, 0.5) is 4.39 Å². The van der Waals surface area contributed by atoms with Gasteiger partial charge >= 0.3 is 0 Å². The number of rotatable bonds is 10. The number of aliphatic hydroxyl groups excluding tert-OH is 1. The molecule has 1 aromatic heterocycles. The van der Waals surface area contributed by atoms with Crippen molar-refractivity contribution >= 4 is 5.91 Å². The van der Waals surface area contributed by atoms with Gasteiger partial charge < -0.3 is 25.2 Å². The van der Waals surface area contributed by atoms with E-state index in [1.807, 2.05) is 6.20 Å². The van der Waals surface area contributed by atoms with Crippen LogP contribution in [-0.4, -0.2) is 53.5 Å². The summed E-state index contributed by atoms with van der Waals surface area (Å²) in [6.07, 6.45) is 10.6. The molecule has 2 aromatic rings. The highest BCUT2D eigenvalue weighted by Crippen LogP contribution is 2.48. The molecule has 2 heterocycles. The highest BCUT2D eigenvalue weighted by molar-refractivity contribution is 5.80. The molecule has 8 heteroatoms. The van der Waals surface area contributed by atoms with Crippen molar-refractivity contribution in [2.45, 2.75) is 96.1 Å². The van der Waals surface area contributed by atoms with Crippen LogP contribution in [0.2, 0.25) is 0 Å². The molecule has 1 amide bonds. The Morgan fingerprint density at radius 1 is 1.30 bits per heavy atom. The van der Waals surface area contributed by atoms with Crippen molar-refractivity contribution in [1.82, 2.24) is 15.6 Å². The van der Waals surface area contributed by atoms with E-state index in [-0.39, 0.29) is 35.9 Å². The van der Waals surface area contributed by atoms with Crippen LogP contribution in [0.1, 0.15) is 81.7 Å². The molecule has 1 aliphatic carbocycles. The summed E-state index contributed by atoms with van der Waals surface area (Å²) in [5.41, 5.74) is 3.00. The summed E-state index contributed by atoms with van der Waals surface area (Å²) >= 11 is 0. The zero-order valence-corrected chi connectivity index (χ0v) is 24.2. The lowest BCUT2D eigenvalue weighted by Crippen LogP contribution is -2.53. The van der Waals surface area contributed by atoms with Gasteiger partial charge in [-0.3, -0.25) is 4.79 Å². The number of carbonyl (C=O) groups excluding carboxylic acids is 1. The van der Waals surface area contributed by atoms with Gasteiger partial charge in [0.25, 0.3) is 0 Å². The van der Waals surface area contributed by atoms with Crippen molar-refractivity contribution in [1.29, 1.82) is 0 Å². The fourth-order valence-corrected chi connectivity index (χ4v) is 5.55. The molecule has 7 nitrogen and oxygen atoms in total. The average molecular weight is 552 g/mol. The molecule has 2 aliphatic rings. The SMILES string of the molecule is C#Cc1cc(F)cc(C[C@H](NC(=O)C(C)OC)[C@H](O)CN[C@H]2CC3(CCC3)Oc3ncc(CC(C)(C)C)cc32)c1. The quantitative estimate of drug-likeness (QED) is 0.383. The molecule has 1 saturated carbocycles. The molecule has 1 spiro atoms. The maximum Gasteiger partial charge on any atom is 0.249 e. The van der Waals surface area contributed by atoms with Gasteiger partial charge in [-0.25, -0.2) is 9.37 Å². The van der Waals surface area contributed by atoms with Crippen molar-refractivity contribution in [3.63, 3.8) is 0 Å². The first-order chi connectivity index (χ1) is 18.9. The highest BCUT2D eigenvalue weighted by Gasteiger charge is 2.46. The van der Waals surface area contributed by atoms with Crippen LogP contribution >= 0.6 is 0 Å². The highest BCUT2D eigenvalue weighted by atomic mass is 19.1.